The zero-order chi connectivity index (χ0) is 24.8. The summed E-state index contributed by atoms with van der Waals surface area (Å²) in [5.41, 5.74) is 2.59. The highest BCUT2D eigenvalue weighted by molar-refractivity contribution is 7.19. The second-order valence-corrected chi connectivity index (χ2v) is 8.47. The van der Waals surface area contributed by atoms with Crippen molar-refractivity contribution < 1.29 is 14.5 Å². The van der Waals surface area contributed by atoms with Crippen molar-refractivity contribution >= 4 is 39.2 Å². The SMILES string of the molecule is COc1ccc(CNc2sc(C(=O)c3ccccc3)c(Nc3ccc([N+](=O)[O-])cc3)c2C#N)cc1. The number of nitrogens with one attached hydrogen (secondary N) is 2. The molecule has 0 saturated carbocycles. The van der Waals surface area contributed by atoms with Crippen molar-refractivity contribution in [3.63, 3.8) is 0 Å². The number of nitro benzene ring substituents is 1. The molecule has 0 amide bonds. The fraction of sp³-hybridized carbons (Fsp3) is 0.0769. The number of benzene rings is 3. The number of carbonyl (C=O) groups is 1. The van der Waals surface area contributed by atoms with Crippen molar-refractivity contribution in [3.05, 3.63) is 111 Å². The lowest BCUT2D eigenvalue weighted by Crippen LogP contribution is -2.03. The van der Waals surface area contributed by atoms with Crippen LogP contribution in [0.4, 0.5) is 22.1 Å². The number of hydrogen-bond donors (Lipinski definition) is 2. The summed E-state index contributed by atoms with van der Waals surface area (Å²) in [6.07, 6.45) is 0. The zero-order valence-electron chi connectivity index (χ0n) is 18.6. The van der Waals surface area contributed by atoms with Gasteiger partial charge in [0.1, 0.15) is 27.3 Å². The van der Waals surface area contributed by atoms with Crippen molar-refractivity contribution in [1.82, 2.24) is 0 Å². The normalized spacial score (nSPS) is 10.3. The van der Waals surface area contributed by atoms with Crippen molar-refractivity contribution in [2.75, 3.05) is 17.7 Å². The van der Waals surface area contributed by atoms with Gasteiger partial charge < -0.3 is 15.4 Å². The number of nitrogens with zero attached hydrogens (tertiary/aromatic N) is 2. The van der Waals surface area contributed by atoms with Gasteiger partial charge in [-0.3, -0.25) is 14.9 Å². The van der Waals surface area contributed by atoms with Gasteiger partial charge in [-0.05, 0) is 29.8 Å². The number of ketones is 1. The summed E-state index contributed by atoms with van der Waals surface area (Å²) < 4.78 is 5.19. The van der Waals surface area contributed by atoms with E-state index in [9.17, 15) is 20.2 Å². The molecular formula is C26H20N4O4S. The molecule has 0 fully saturated rings. The second-order valence-electron chi connectivity index (χ2n) is 7.45. The van der Waals surface area contributed by atoms with Crippen LogP contribution in [0, 0.1) is 21.4 Å². The van der Waals surface area contributed by atoms with Crippen LogP contribution < -0.4 is 15.4 Å². The molecule has 174 valence electrons. The van der Waals surface area contributed by atoms with Gasteiger partial charge in [0.15, 0.2) is 0 Å². The van der Waals surface area contributed by atoms with Gasteiger partial charge in [-0.15, -0.1) is 11.3 Å². The number of non-ortho nitro benzene ring substituents is 1. The lowest BCUT2D eigenvalue weighted by atomic mass is 10.1. The molecule has 0 saturated heterocycles. The summed E-state index contributed by atoms with van der Waals surface area (Å²) in [7, 11) is 1.60. The topological polar surface area (TPSA) is 117 Å². The largest absolute Gasteiger partial charge is 0.497 e. The maximum Gasteiger partial charge on any atom is 0.269 e. The van der Waals surface area contributed by atoms with E-state index in [0.29, 0.717) is 38.9 Å². The Labute approximate surface area is 205 Å². The van der Waals surface area contributed by atoms with Crippen LogP contribution in [0.2, 0.25) is 0 Å². The third kappa shape index (κ3) is 5.29. The van der Waals surface area contributed by atoms with E-state index in [1.165, 1.54) is 35.6 Å². The highest BCUT2D eigenvalue weighted by Gasteiger charge is 2.24. The number of carbonyl (C=O) groups excluding carboxylic acids is 1. The average Bonchev–Trinajstić information content (AvgIpc) is 3.25. The van der Waals surface area contributed by atoms with Crippen molar-refractivity contribution in [2.45, 2.75) is 6.54 Å². The average molecular weight is 485 g/mol. The summed E-state index contributed by atoms with van der Waals surface area (Å²) in [6, 6.07) is 24.3. The highest BCUT2D eigenvalue weighted by atomic mass is 32.1. The quantitative estimate of drug-likeness (QED) is 0.167. The first-order valence-corrected chi connectivity index (χ1v) is 11.4. The van der Waals surface area contributed by atoms with E-state index in [4.69, 9.17) is 4.74 Å². The molecule has 0 atom stereocenters. The molecule has 0 aliphatic carbocycles. The number of methoxy groups -OCH3 is 1. The Hall–Kier alpha value is -4.68. The Balaban J connectivity index is 1.70. The van der Waals surface area contributed by atoms with Crippen molar-refractivity contribution in [3.8, 4) is 11.8 Å². The highest BCUT2D eigenvalue weighted by Crippen LogP contribution is 2.40. The van der Waals surface area contributed by atoms with E-state index >= 15 is 0 Å². The van der Waals surface area contributed by atoms with Crippen LogP contribution in [0.15, 0.2) is 78.9 Å². The third-order valence-electron chi connectivity index (χ3n) is 5.22. The Kier molecular flexibility index (Phi) is 7.04. The van der Waals surface area contributed by atoms with Crippen LogP contribution >= 0.6 is 11.3 Å². The number of rotatable bonds is 9. The van der Waals surface area contributed by atoms with E-state index in [2.05, 4.69) is 16.7 Å². The van der Waals surface area contributed by atoms with Crippen LogP contribution in [-0.4, -0.2) is 17.8 Å². The molecule has 8 nitrogen and oxygen atoms in total. The Morgan fingerprint density at radius 3 is 2.34 bits per heavy atom. The summed E-state index contributed by atoms with van der Waals surface area (Å²) in [5.74, 6) is 0.516. The van der Waals surface area contributed by atoms with E-state index in [1.807, 2.05) is 30.3 Å². The van der Waals surface area contributed by atoms with Gasteiger partial charge in [-0.25, -0.2) is 0 Å². The first kappa shape index (κ1) is 23.5. The van der Waals surface area contributed by atoms with Gasteiger partial charge in [0.2, 0.25) is 5.78 Å². The number of ether oxygens (including phenoxy) is 1. The van der Waals surface area contributed by atoms with E-state index < -0.39 is 4.92 Å². The molecule has 3 aromatic carbocycles. The smallest absolute Gasteiger partial charge is 0.269 e. The molecule has 9 heteroatoms. The minimum atomic E-state index is -0.485. The fourth-order valence-electron chi connectivity index (χ4n) is 3.40. The monoisotopic (exact) mass is 484 g/mol. The van der Waals surface area contributed by atoms with Gasteiger partial charge in [-0.2, -0.15) is 5.26 Å². The molecule has 1 heterocycles. The standard InChI is InChI=1S/C26H20N4O4S/c1-34-21-13-7-17(8-14-21)16-28-26-22(15-27)23(29-19-9-11-20(12-10-19)30(32)33)25(35-26)24(31)18-5-3-2-4-6-18/h2-14,28-29H,16H2,1H3. The Morgan fingerprint density at radius 1 is 1.06 bits per heavy atom. The summed E-state index contributed by atoms with van der Waals surface area (Å²) in [6.45, 7) is 0.440. The maximum absolute atomic E-state index is 13.4. The molecule has 0 aliphatic rings. The molecule has 0 spiro atoms. The minimum Gasteiger partial charge on any atom is -0.497 e. The number of nitriles is 1. The van der Waals surface area contributed by atoms with Crippen LogP contribution in [-0.2, 0) is 6.54 Å². The first-order chi connectivity index (χ1) is 17.0. The van der Waals surface area contributed by atoms with Crippen LogP contribution in [0.1, 0.15) is 26.4 Å². The Morgan fingerprint density at radius 2 is 1.74 bits per heavy atom. The second kappa shape index (κ2) is 10.5. The lowest BCUT2D eigenvalue weighted by molar-refractivity contribution is -0.384. The lowest BCUT2D eigenvalue weighted by Gasteiger charge is -2.09. The number of nitro groups is 1. The summed E-state index contributed by atoms with van der Waals surface area (Å²) >= 11 is 1.19. The fourth-order valence-corrected chi connectivity index (χ4v) is 4.46. The van der Waals surface area contributed by atoms with E-state index in [1.54, 1.807) is 31.4 Å². The third-order valence-corrected chi connectivity index (χ3v) is 6.37. The predicted octanol–water partition coefficient (Wildman–Crippen LogP) is 6.12. The molecule has 4 rings (SSSR count). The molecule has 1 aromatic heterocycles. The van der Waals surface area contributed by atoms with Gasteiger partial charge in [0.25, 0.3) is 5.69 Å². The molecule has 2 N–H and O–H groups in total. The maximum atomic E-state index is 13.4. The molecule has 0 aliphatic heterocycles. The van der Waals surface area contributed by atoms with Gasteiger partial charge in [0.05, 0.1) is 17.7 Å². The van der Waals surface area contributed by atoms with Gasteiger partial charge >= 0.3 is 0 Å². The first-order valence-electron chi connectivity index (χ1n) is 10.5. The van der Waals surface area contributed by atoms with Crippen LogP contribution in [0.5, 0.6) is 5.75 Å². The van der Waals surface area contributed by atoms with Crippen molar-refractivity contribution in [2.24, 2.45) is 0 Å². The number of anilines is 3. The molecule has 35 heavy (non-hydrogen) atoms. The number of hydrogen-bond acceptors (Lipinski definition) is 8. The summed E-state index contributed by atoms with van der Waals surface area (Å²) in [5, 5.41) is 27.9. The van der Waals surface area contributed by atoms with Crippen molar-refractivity contribution in [1.29, 1.82) is 5.26 Å². The van der Waals surface area contributed by atoms with Gasteiger partial charge in [-0.1, -0.05) is 42.5 Å². The molecule has 0 bridgehead atoms. The zero-order valence-corrected chi connectivity index (χ0v) is 19.5. The minimum absolute atomic E-state index is 0.0520. The van der Waals surface area contributed by atoms with Crippen LogP contribution in [0.25, 0.3) is 0 Å². The molecule has 0 unspecified atom stereocenters. The number of thiophene rings is 1. The van der Waals surface area contributed by atoms with Gasteiger partial charge in [0, 0.05) is 29.9 Å². The molecule has 0 radical (unpaired) electrons. The van der Waals surface area contributed by atoms with Crippen LogP contribution in [0.3, 0.4) is 0 Å². The Bertz CT molecular complexity index is 1390. The molecular weight excluding hydrogens is 464 g/mol. The van der Waals surface area contributed by atoms with E-state index in [-0.39, 0.29) is 11.5 Å². The molecule has 4 aromatic rings. The predicted molar refractivity (Wildman–Crippen MR) is 136 cm³/mol. The van der Waals surface area contributed by atoms with E-state index in [0.717, 1.165) is 11.3 Å². The summed E-state index contributed by atoms with van der Waals surface area (Å²) in [4.78, 5) is 24.2.